The molecule has 0 radical (unpaired) electrons. The molecular formula is C9H2F18. The van der Waals surface area contributed by atoms with E-state index in [1.54, 1.807) is 0 Å². The number of alkyl halides is 18. The Labute approximate surface area is 135 Å². The lowest BCUT2D eigenvalue weighted by molar-refractivity contribution is -0.481. The van der Waals surface area contributed by atoms with Gasteiger partial charge in [-0.15, -0.1) is 0 Å². The Morgan fingerprint density at radius 2 is 0.370 bits per heavy atom. The van der Waals surface area contributed by atoms with Crippen LogP contribution in [0.5, 0.6) is 0 Å². The summed E-state index contributed by atoms with van der Waals surface area (Å²) >= 11 is 0. The van der Waals surface area contributed by atoms with E-state index in [9.17, 15) is 79.0 Å². The highest BCUT2D eigenvalue weighted by Gasteiger charge is 2.93. The van der Waals surface area contributed by atoms with E-state index in [0.717, 1.165) is 0 Å². The zero-order chi connectivity index (χ0) is 22.7. The van der Waals surface area contributed by atoms with E-state index in [2.05, 4.69) is 0 Å². The van der Waals surface area contributed by atoms with Crippen molar-refractivity contribution in [2.24, 2.45) is 10.8 Å². The van der Waals surface area contributed by atoms with Crippen LogP contribution < -0.4 is 0 Å². The van der Waals surface area contributed by atoms with Crippen LogP contribution in [0.4, 0.5) is 79.0 Å². The lowest BCUT2D eigenvalue weighted by atomic mass is 9.67. The molecule has 27 heavy (non-hydrogen) atoms. The van der Waals surface area contributed by atoms with Crippen LogP contribution in [0.2, 0.25) is 0 Å². The van der Waals surface area contributed by atoms with Crippen LogP contribution in [0.3, 0.4) is 0 Å². The first-order chi connectivity index (χ1) is 11.2. The Kier molecular flexibility index (Phi) is 5.83. The van der Waals surface area contributed by atoms with Crippen LogP contribution in [0, 0.1) is 10.8 Å². The van der Waals surface area contributed by atoms with Crippen LogP contribution in [-0.4, -0.2) is 37.1 Å². The molecule has 164 valence electrons. The van der Waals surface area contributed by atoms with E-state index in [1.165, 1.54) is 0 Å². The molecular weight excluding hydrogens is 450 g/mol. The van der Waals surface area contributed by atoms with Crippen LogP contribution in [0.25, 0.3) is 0 Å². The number of hydrogen-bond acceptors (Lipinski definition) is 0. The van der Waals surface area contributed by atoms with Gasteiger partial charge < -0.3 is 0 Å². The molecule has 0 spiro atoms. The largest absolute Gasteiger partial charge is 0.412 e. The first-order valence-corrected chi connectivity index (χ1v) is 5.61. The van der Waals surface area contributed by atoms with E-state index in [1.807, 2.05) is 0 Å². The van der Waals surface area contributed by atoms with Crippen molar-refractivity contribution in [2.75, 3.05) is 0 Å². The molecule has 0 aromatic heterocycles. The Morgan fingerprint density at radius 3 is 0.444 bits per heavy atom. The maximum absolute atomic E-state index is 12.5. The standard InChI is InChI=1S/C9H2F18/c10-4(11,12)2(5(13,14)15,6(16,17)18)1-3(7(19,20)21,8(22,23)24)9(25,26)27/h1H2. The zero-order valence-electron chi connectivity index (χ0n) is 11.5. The van der Waals surface area contributed by atoms with Crippen molar-refractivity contribution in [1.82, 2.24) is 0 Å². The normalized spacial score (nSPS) is 16.7. The molecule has 0 atom stereocenters. The smallest absolute Gasteiger partial charge is 0.170 e. The molecule has 0 heterocycles. The van der Waals surface area contributed by atoms with Gasteiger partial charge in [-0.25, -0.2) is 0 Å². The highest BCUT2D eigenvalue weighted by Crippen LogP contribution is 2.71. The quantitative estimate of drug-likeness (QED) is 0.408. The second-order valence-corrected chi connectivity index (χ2v) is 4.97. The van der Waals surface area contributed by atoms with Gasteiger partial charge >= 0.3 is 37.1 Å². The van der Waals surface area contributed by atoms with Gasteiger partial charge in [-0.2, -0.15) is 79.0 Å². The fraction of sp³-hybridized carbons (Fsp3) is 1.00. The van der Waals surface area contributed by atoms with Crippen molar-refractivity contribution in [3.63, 3.8) is 0 Å². The van der Waals surface area contributed by atoms with E-state index < -0.39 is 54.3 Å². The van der Waals surface area contributed by atoms with Gasteiger partial charge in [0, 0.05) is 6.42 Å². The first-order valence-electron chi connectivity index (χ1n) is 5.61. The topological polar surface area (TPSA) is 0 Å². The average molecular weight is 452 g/mol. The third kappa shape index (κ3) is 3.71. The van der Waals surface area contributed by atoms with E-state index >= 15 is 0 Å². The number of rotatable bonds is 2. The SMILES string of the molecule is FC(F)(F)C(CC(C(F)(F)F)(C(F)(F)F)C(F)(F)F)(C(F)(F)F)C(F)(F)F. The lowest BCUT2D eigenvalue weighted by Gasteiger charge is -2.46. The van der Waals surface area contributed by atoms with Gasteiger partial charge in [-0.3, -0.25) is 0 Å². The molecule has 0 aromatic carbocycles. The van der Waals surface area contributed by atoms with Crippen molar-refractivity contribution < 1.29 is 79.0 Å². The van der Waals surface area contributed by atoms with Crippen molar-refractivity contribution in [1.29, 1.82) is 0 Å². The maximum Gasteiger partial charge on any atom is 0.412 e. The predicted molar refractivity (Wildman–Crippen MR) is 45.8 cm³/mol. The molecule has 0 unspecified atom stereocenters. The molecule has 0 saturated heterocycles. The summed E-state index contributed by atoms with van der Waals surface area (Å²) in [6.07, 6.45) is -53.9. The molecule has 0 N–H and O–H groups in total. The summed E-state index contributed by atoms with van der Waals surface area (Å²) in [4.78, 5) is 0. The minimum absolute atomic E-state index is 5.52. The summed E-state index contributed by atoms with van der Waals surface area (Å²) < 4.78 is 225. The van der Waals surface area contributed by atoms with Gasteiger partial charge in [0.05, 0.1) is 0 Å². The molecule has 0 bridgehead atoms. The molecule has 0 saturated carbocycles. The van der Waals surface area contributed by atoms with Gasteiger partial charge in [-0.1, -0.05) is 0 Å². The third-order valence-electron chi connectivity index (χ3n) is 3.43. The monoisotopic (exact) mass is 452 g/mol. The number of halogens is 18. The molecule has 0 nitrogen and oxygen atoms in total. The highest BCUT2D eigenvalue weighted by atomic mass is 19.4. The van der Waals surface area contributed by atoms with Gasteiger partial charge in [-0.05, 0) is 0 Å². The molecule has 0 aliphatic rings. The summed E-state index contributed by atoms with van der Waals surface area (Å²) in [5.74, 6) is 0. The summed E-state index contributed by atoms with van der Waals surface area (Å²) in [6.45, 7) is 0. The Balaban J connectivity index is 7.45. The van der Waals surface area contributed by atoms with Crippen LogP contribution in [-0.2, 0) is 0 Å². The van der Waals surface area contributed by atoms with Crippen LogP contribution in [0.1, 0.15) is 6.42 Å². The minimum Gasteiger partial charge on any atom is -0.170 e. The van der Waals surface area contributed by atoms with Gasteiger partial charge in [0.25, 0.3) is 10.8 Å². The predicted octanol–water partition coefficient (Wildman–Crippen LogP) is 6.72. The zero-order valence-corrected chi connectivity index (χ0v) is 11.5. The third-order valence-corrected chi connectivity index (χ3v) is 3.43. The second kappa shape index (κ2) is 6.12. The van der Waals surface area contributed by atoms with Gasteiger partial charge in [0.1, 0.15) is 0 Å². The molecule has 0 amide bonds. The van der Waals surface area contributed by atoms with Gasteiger partial charge in [0.2, 0.25) is 0 Å². The van der Waals surface area contributed by atoms with Crippen molar-refractivity contribution in [3.05, 3.63) is 0 Å². The van der Waals surface area contributed by atoms with Crippen molar-refractivity contribution in [2.45, 2.75) is 43.5 Å². The molecule has 0 aromatic rings. The average Bonchev–Trinajstić information content (AvgIpc) is 2.16. The second-order valence-electron chi connectivity index (χ2n) is 4.97. The first kappa shape index (κ1) is 25.7. The fourth-order valence-corrected chi connectivity index (χ4v) is 1.96. The Bertz CT molecular complexity index is 394. The van der Waals surface area contributed by atoms with Crippen LogP contribution >= 0.6 is 0 Å². The molecule has 18 heteroatoms. The summed E-state index contributed by atoms with van der Waals surface area (Å²) in [5.41, 5.74) is -16.0. The number of hydrogen-bond donors (Lipinski definition) is 0. The van der Waals surface area contributed by atoms with E-state index in [-0.39, 0.29) is 0 Å². The van der Waals surface area contributed by atoms with Crippen LogP contribution in [0.15, 0.2) is 0 Å². The highest BCUT2D eigenvalue weighted by molar-refractivity contribution is 5.10. The Hall–Kier alpha value is -1.26. The Morgan fingerprint density at radius 1 is 0.259 bits per heavy atom. The molecule has 0 rings (SSSR count). The van der Waals surface area contributed by atoms with E-state index in [0.29, 0.717) is 0 Å². The fourth-order valence-electron chi connectivity index (χ4n) is 1.96. The van der Waals surface area contributed by atoms with E-state index in [4.69, 9.17) is 0 Å². The maximum atomic E-state index is 12.5. The van der Waals surface area contributed by atoms with Gasteiger partial charge in [0.15, 0.2) is 0 Å². The minimum atomic E-state index is -8.06. The summed E-state index contributed by atoms with van der Waals surface area (Å²) in [5, 5.41) is 0. The van der Waals surface area contributed by atoms with Crippen molar-refractivity contribution >= 4 is 0 Å². The molecule has 0 aliphatic heterocycles. The molecule has 0 fully saturated rings. The molecule has 0 aliphatic carbocycles. The summed E-state index contributed by atoms with van der Waals surface area (Å²) in [6, 6.07) is 0. The lowest BCUT2D eigenvalue weighted by Crippen LogP contribution is -2.68. The summed E-state index contributed by atoms with van der Waals surface area (Å²) in [7, 11) is 0. The van der Waals surface area contributed by atoms with Crippen molar-refractivity contribution in [3.8, 4) is 0 Å².